The number of rotatable bonds is 6. The van der Waals surface area contributed by atoms with Gasteiger partial charge in [0.05, 0.1) is 12.0 Å². The summed E-state index contributed by atoms with van der Waals surface area (Å²) in [5, 5.41) is 8.48. The lowest BCUT2D eigenvalue weighted by Crippen LogP contribution is -2.18. The van der Waals surface area contributed by atoms with E-state index < -0.39 is 10.0 Å². The van der Waals surface area contributed by atoms with Crippen LogP contribution in [-0.2, 0) is 16.6 Å². The SMILES string of the molecule is COc1ccc(CN[C@H](C)c2ccc(S(N)(=O)=O)cc2)cc1. The minimum Gasteiger partial charge on any atom is -0.497 e. The van der Waals surface area contributed by atoms with Crippen molar-refractivity contribution in [3.8, 4) is 5.75 Å². The number of methoxy groups -OCH3 is 1. The van der Waals surface area contributed by atoms with E-state index in [1.807, 2.05) is 31.2 Å². The molecule has 0 fully saturated rings. The molecule has 1 atom stereocenters. The van der Waals surface area contributed by atoms with Gasteiger partial charge in [0.15, 0.2) is 0 Å². The first-order chi connectivity index (χ1) is 10.4. The summed E-state index contributed by atoms with van der Waals surface area (Å²) in [4.78, 5) is 0.124. The third-order valence-electron chi connectivity index (χ3n) is 3.48. The summed E-state index contributed by atoms with van der Waals surface area (Å²) < 4.78 is 27.6. The van der Waals surface area contributed by atoms with E-state index in [9.17, 15) is 8.42 Å². The van der Waals surface area contributed by atoms with Crippen molar-refractivity contribution in [2.24, 2.45) is 5.14 Å². The highest BCUT2D eigenvalue weighted by Gasteiger charge is 2.09. The van der Waals surface area contributed by atoms with Crippen LogP contribution in [0.25, 0.3) is 0 Å². The highest BCUT2D eigenvalue weighted by molar-refractivity contribution is 7.89. The molecular formula is C16H20N2O3S. The van der Waals surface area contributed by atoms with Gasteiger partial charge in [-0.3, -0.25) is 0 Å². The molecule has 0 bridgehead atoms. The fraction of sp³-hybridized carbons (Fsp3) is 0.250. The average molecular weight is 320 g/mol. The van der Waals surface area contributed by atoms with Crippen molar-refractivity contribution in [3.05, 3.63) is 59.7 Å². The molecule has 2 rings (SSSR count). The summed E-state index contributed by atoms with van der Waals surface area (Å²) in [6.07, 6.45) is 0. The fourth-order valence-corrected chi connectivity index (χ4v) is 2.59. The Morgan fingerprint density at radius 1 is 1.09 bits per heavy atom. The molecule has 0 amide bonds. The van der Waals surface area contributed by atoms with E-state index in [1.54, 1.807) is 19.2 Å². The van der Waals surface area contributed by atoms with Crippen molar-refractivity contribution in [1.29, 1.82) is 0 Å². The number of sulfonamides is 1. The van der Waals surface area contributed by atoms with E-state index in [-0.39, 0.29) is 10.9 Å². The van der Waals surface area contributed by atoms with E-state index in [0.29, 0.717) is 6.54 Å². The van der Waals surface area contributed by atoms with Crippen LogP contribution in [0.15, 0.2) is 53.4 Å². The van der Waals surface area contributed by atoms with Gasteiger partial charge in [0.25, 0.3) is 0 Å². The lowest BCUT2D eigenvalue weighted by molar-refractivity contribution is 0.414. The molecule has 0 aliphatic carbocycles. The maximum atomic E-state index is 11.2. The van der Waals surface area contributed by atoms with Crippen LogP contribution in [0.5, 0.6) is 5.75 Å². The monoisotopic (exact) mass is 320 g/mol. The standard InChI is InChI=1S/C16H20N2O3S/c1-12(14-5-9-16(10-6-14)22(17,19)20)18-11-13-3-7-15(21-2)8-4-13/h3-10,12,18H,11H2,1-2H3,(H2,17,19,20)/t12-/m1/s1. The lowest BCUT2D eigenvalue weighted by atomic mass is 10.1. The van der Waals surface area contributed by atoms with Gasteiger partial charge in [-0.25, -0.2) is 13.6 Å². The first-order valence-electron chi connectivity index (χ1n) is 6.89. The largest absolute Gasteiger partial charge is 0.497 e. The van der Waals surface area contributed by atoms with Gasteiger partial charge in [-0.2, -0.15) is 0 Å². The first kappa shape index (κ1) is 16.5. The van der Waals surface area contributed by atoms with Crippen LogP contribution < -0.4 is 15.2 Å². The Kier molecular flexibility index (Phi) is 5.18. The zero-order valence-electron chi connectivity index (χ0n) is 12.6. The van der Waals surface area contributed by atoms with Crippen molar-refractivity contribution in [3.63, 3.8) is 0 Å². The second-order valence-electron chi connectivity index (χ2n) is 5.06. The molecule has 0 heterocycles. The third kappa shape index (κ3) is 4.30. The zero-order chi connectivity index (χ0) is 16.2. The number of ether oxygens (including phenoxy) is 1. The maximum absolute atomic E-state index is 11.2. The van der Waals surface area contributed by atoms with E-state index in [0.717, 1.165) is 16.9 Å². The maximum Gasteiger partial charge on any atom is 0.238 e. The topological polar surface area (TPSA) is 81.4 Å². The summed E-state index contributed by atoms with van der Waals surface area (Å²) in [5.41, 5.74) is 2.15. The Morgan fingerprint density at radius 3 is 2.18 bits per heavy atom. The van der Waals surface area contributed by atoms with Gasteiger partial charge in [-0.15, -0.1) is 0 Å². The third-order valence-corrected chi connectivity index (χ3v) is 4.41. The first-order valence-corrected chi connectivity index (χ1v) is 8.44. The summed E-state index contributed by atoms with van der Waals surface area (Å²) in [6, 6.07) is 14.5. The molecule has 0 radical (unpaired) electrons. The molecule has 5 nitrogen and oxygen atoms in total. The fourth-order valence-electron chi connectivity index (χ4n) is 2.08. The number of hydrogen-bond acceptors (Lipinski definition) is 4. The number of hydrogen-bond donors (Lipinski definition) is 2. The second-order valence-corrected chi connectivity index (χ2v) is 6.63. The van der Waals surface area contributed by atoms with Crippen LogP contribution in [0.1, 0.15) is 24.1 Å². The van der Waals surface area contributed by atoms with Gasteiger partial charge < -0.3 is 10.1 Å². The van der Waals surface area contributed by atoms with Gasteiger partial charge >= 0.3 is 0 Å². The molecule has 6 heteroatoms. The summed E-state index contributed by atoms with van der Waals surface area (Å²) >= 11 is 0. The second kappa shape index (κ2) is 6.91. The molecule has 0 saturated carbocycles. The molecule has 22 heavy (non-hydrogen) atoms. The minimum absolute atomic E-state index is 0.0941. The zero-order valence-corrected chi connectivity index (χ0v) is 13.4. The van der Waals surface area contributed by atoms with Crippen molar-refractivity contribution in [2.45, 2.75) is 24.4 Å². The van der Waals surface area contributed by atoms with Crippen LogP contribution in [0.3, 0.4) is 0 Å². The van der Waals surface area contributed by atoms with E-state index in [4.69, 9.17) is 9.88 Å². The van der Waals surface area contributed by atoms with Crippen molar-refractivity contribution >= 4 is 10.0 Å². The van der Waals surface area contributed by atoms with Gasteiger partial charge in [-0.1, -0.05) is 24.3 Å². The Morgan fingerprint density at radius 2 is 1.68 bits per heavy atom. The molecule has 0 spiro atoms. The molecule has 3 N–H and O–H groups in total. The Hall–Kier alpha value is -1.89. The summed E-state index contributed by atoms with van der Waals surface area (Å²) in [7, 11) is -2.00. The Bertz CT molecular complexity index is 710. The summed E-state index contributed by atoms with van der Waals surface area (Å²) in [5.74, 6) is 0.829. The van der Waals surface area contributed by atoms with E-state index in [2.05, 4.69) is 5.32 Å². The van der Waals surface area contributed by atoms with Gasteiger partial charge in [0.1, 0.15) is 5.75 Å². The molecule has 0 aliphatic rings. The van der Waals surface area contributed by atoms with Crippen LogP contribution in [0.2, 0.25) is 0 Å². The molecule has 2 aromatic rings. The van der Waals surface area contributed by atoms with Crippen LogP contribution in [0.4, 0.5) is 0 Å². The Labute approximate surface area is 131 Å². The van der Waals surface area contributed by atoms with Crippen LogP contribution in [0, 0.1) is 0 Å². The normalized spacial score (nSPS) is 12.9. The van der Waals surface area contributed by atoms with Crippen molar-refractivity contribution in [2.75, 3.05) is 7.11 Å². The van der Waals surface area contributed by atoms with Crippen LogP contribution in [-0.4, -0.2) is 15.5 Å². The molecule has 118 valence electrons. The predicted octanol–water partition coefficient (Wildman–Crippen LogP) is 2.19. The molecule has 0 saturated heterocycles. The van der Waals surface area contributed by atoms with E-state index >= 15 is 0 Å². The van der Waals surface area contributed by atoms with Crippen LogP contribution >= 0.6 is 0 Å². The van der Waals surface area contributed by atoms with Gasteiger partial charge in [0.2, 0.25) is 10.0 Å². The lowest BCUT2D eigenvalue weighted by Gasteiger charge is -2.15. The number of nitrogens with one attached hydrogen (secondary N) is 1. The number of primary sulfonamides is 1. The molecule has 0 unspecified atom stereocenters. The van der Waals surface area contributed by atoms with Crippen molar-refractivity contribution < 1.29 is 13.2 Å². The molecule has 0 aliphatic heterocycles. The number of benzene rings is 2. The smallest absolute Gasteiger partial charge is 0.238 e. The highest BCUT2D eigenvalue weighted by atomic mass is 32.2. The summed E-state index contributed by atoms with van der Waals surface area (Å²) in [6.45, 7) is 2.73. The number of nitrogens with two attached hydrogens (primary N) is 1. The minimum atomic E-state index is -3.64. The van der Waals surface area contributed by atoms with Gasteiger partial charge in [0, 0.05) is 12.6 Å². The molecular weight excluding hydrogens is 300 g/mol. The van der Waals surface area contributed by atoms with Crippen molar-refractivity contribution in [1.82, 2.24) is 5.32 Å². The predicted molar refractivity (Wildman–Crippen MR) is 86.1 cm³/mol. The Balaban J connectivity index is 1.98. The molecule has 2 aromatic carbocycles. The quantitative estimate of drug-likeness (QED) is 0.855. The highest BCUT2D eigenvalue weighted by Crippen LogP contribution is 2.17. The average Bonchev–Trinajstić information content (AvgIpc) is 2.52. The molecule has 0 aromatic heterocycles. The van der Waals surface area contributed by atoms with E-state index in [1.165, 1.54) is 12.1 Å². The van der Waals surface area contributed by atoms with Gasteiger partial charge in [-0.05, 0) is 42.3 Å².